The number of carbonyl (C=O) groups is 1. The lowest BCUT2D eigenvalue weighted by atomic mass is 10.1. The quantitative estimate of drug-likeness (QED) is 0.509. The van der Waals surface area contributed by atoms with Crippen LogP contribution in [0.15, 0.2) is 48.9 Å². The van der Waals surface area contributed by atoms with Gasteiger partial charge in [-0.25, -0.2) is 10.8 Å². The summed E-state index contributed by atoms with van der Waals surface area (Å²) in [6.07, 6.45) is -1.61. The van der Waals surface area contributed by atoms with E-state index in [2.05, 4.69) is 10.3 Å². The molecule has 1 aromatic heterocycles. The summed E-state index contributed by atoms with van der Waals surface area (Å²) in [5.41, 5.74) is 1.79. The minimum absolute atomic E-state index is 0.121. The molecule has 0 saturated carbocycles. The number of hydrogen-bond acceptors (Lipinski definition) is 4. The van der Waals surface area contributed by atoms with Gasteiger partial charge >= 0.3 is 6.18 Å². The number of aryl methyl sites for hydroxylation is 2. The van der Waals surface area contributed by atoms with Crippen LogP contribution in [0.5, 0.6) is 0 Å². The van der Waals surface area contributed by atoms with E-state index in [1.807, 2.05) is 6.92 Å². The topological polar surface area (TPSA) is 76.2 Å². The Balaban J connectivity index is 1.99. The van der Waals surface area contributed by atoms with E-state index in [1.54, 1.807) is 38.4 Å². The second-order valence-electron chi connectivity index (χ2n) is 6.75. The lowest BCUT2D eigenvalue weighted by molar-refractivity contribution is -0.137. The summed E-state index contributed by atoms with van der Waals surface area (Å²) in [7, 11) is 1.65. The van der Waals surface area contributed by atoms with E-state index in [0.29, 0.717) is 17.1 Å². The molecule has 0 radical (unpaired) electrons. The molecular weight excluding hydrogens is 383 g/mol. The number of nitrogens with zero attached hydrogens (tertiary/aromatic N) is 3. The molecule has 0 aliphatic carbocycles. The number of nitrogens with two attached hydrogens (primary N) is 1. The maximum absolute atomic E-state index is 13.4. The number of amides is 1. The summed E-state index contributed by atoms with van der Waals surface area (Å²) < 4.78 is 41.5. The van der Waals surface area contributed by atoms with E-state index < -0.39 is 17.6 Å². The molecule has 0 aliphatic heterocycles. The number of hydrogen-bond donors (Lipinski definition) is 2. The van der Waals surface area contributed by atoms with E-state index in [-0.39, 0.29) is 11.3 Å². The molecule has 0 saturated heterocycles. The van der Waals surface area contributed by atoms with Crippen molar-refractivity contribution in [2.45, 2.75) is 20.0 Å². The van der Waals surface area contributed by atoms with Crippen molar-refractivity contribution >= 4 is 17.3 Å². The smallest absolute Gasteiger partial charge is 0.322 e. The number of alkyl halides is 3. The molecule has 3 aromatic rings. The average Bonchev–Trinajstić information content (AvgIpc) is 3.08. The highest BCUT2D eigenvalue weighted by Gasteiger charge is 2.32. The second kappa shape index (κ2) is 7.59. The lowest BCUT2D eigenvalue weighted by Gasteiger charge is -2.17. The van der Waals surface area contributed by atoms with Gasteiger partial charge in [-0.1, -0.05) is 6.07 Å². The number of nitrogens with one attached hydrogen (secondary N) is 1. The van der Waals surface area contributed by atoms with Gasteiger partial charge in [-0.15, -0.1) is 0 Å². The Hall–Kier alpha value is -3.33. The minimum Gasteiger partial charge on any atom is -0.322 e. The molecule has 6 nitrogen and oxygen atoms in total. The van der Waals surface area contributed by atoms with Crippen LogP contribution in [0.25, 0.3) is 5.69 Å². The Bertz CT molecular complexity index is 1060. The van der Waals surface area contributed by atoms with Gasteiger partial charge < -0.3 is 14.9 Å². The fourth-order valence-corrected chi connectivity index (χ4v) is 2.89. The Kier molecular flexibility index (Phi) is 5.34. The van der Waals surface area contributed by atoms with Gasteiger partial charge in [-0.05, 0) is 49.7 Å². The number of hydrazine groups is 1. The van der Waals surface area contributed by atoms with Crippen molar-refractivity contribution in [1.29, 1.82) is 0 Å². The van der Waals surface area contributed by atoms with Gasteiger partial charge in [-0.3, -0.25) is 4.79 Å². The monoisotopic (exact) mass is 403 g/mol. The number of carbonyl (C=O) groups excluding carboxylic acids is 1. The lowest BCUT2D eigenvalue weighted by Crippen LogP contribution is -2.26. The van der Waals surface area contributed by atoms with Crippen LogP contribution in [0.2, 0.25) is 0 Å². The van der Waals surface area contributed by atoms with Crippen molar-refractivity contribution in [3.8, 4) is 5.69 Å². The SMILES string of the molecule is Cc1cn(-c2cc(C(=O)Nc3ccc(C)c(N(C)N)c3)cc(C(F)(F)F)c2)cn1. The van der Waals surface area contributed by atoms with Crippen molar-refractivity contribution in [3.05, 3.63) is 71.3 Å². The maximum atomic E-state index is 13.4. The highest BCUT2D eigenvalue weighted by Crippen LogP contribution is 2.32. The summed E-state index contributed by atoms with van der Waals surface area (Å²) in [6, 6.07) is 8.27. The Morgan fingerprint density at radius 1 is 1.17 bits per heavy atom. The minimum atomic E-state index is -4.60. The molecule has 0 atom stereocenters. The number of anilines is 2. The fraction of sp³-hybridized carbons (Fsp3) is 0.200. The number of halogens is 3. The average molecular weight is 403 g/mol. The zero-order chi connectivity index (χ0) is 21.3. The van der Waals surface area contributed by atoms with Crippen LogP contribution < -0.4 is 16.2 Å². The van der Waals surface area contributed by atoms with E-state index >= 15 is 0 Å². The third-order valence-corrected chi connectivity index (χ3v) is 4.36. The standard InChI is InChI=1S/C20H20F3N5O/c1-12-4-5-16(9-18(12)27(3)24)26-19(29)14-6-15(20(21,22)23)8-17(7-14)28-10-13(2)25-11-28/h4-11H,24H2,1-3H3,(H,26,29). The summed E-state index contributed by atoms with van der Waals surface area (Å²) in [4.78, 5) is 16.7. The first kappa shape index (κ1) is 20.4. The summed E-state index contributed by atoms with van der Waals surface area (Å²) in [6.45, 7) is 3.58. The van der Waals surface area contributed by atoms with Crippen LogP contribution in [-0.4, -0.2) is 22.5 Å². The molecule has 29 heavy (non-hydrogen) atoms. The number of benzene rings is 2. The third kappa shape index (κ3) is 4.57. The van der Waals surface area contributed by atoms with E-state index in [9.17, 15) is 18.0 Å². The predicted octanol–water partition coefficient (Wildman–Crippen LogP) is 4.07. The van der Waals surface area contributed by atoms with Crippen LogP contribution in [0, 0.1) is 13.8 Å². The van der Waals surface area contributed by atoms with E-state index in [4.69, 9.17) is 5.84 Å². The van der Waals surface area contributed by atoms with E-state index in [1.165, 1.54) is 22.0 Å². The van der Waals surface area contributed by atoms with Crippen LogP contribution in [-0.2, 0) is 6.18 Å². The molecule has 0 fully saturated rings. The first-order chi connectivity index (χ1) is 13.5. The van der Waals surface area contributed by atoms with Crippen molar-refractivity contribution in [2.24, 2.45) is 5.84 Å². The largest absolute Gasteiger partial charge is 0.416 e. The normalized spacial score (nSPS) is 11.4. The molecule has 3 rings (SSSR count). The fourth-order valence-electron chi connectivity index (χ4n) is 2.89. The van der Waals surface area contributed by atoms with Gasteiger partial charge in [0, 0.05) is 30.2 Å². The van der Waals surface area contributed by atoms with Crippen LogP contribution in [0.1, 0.15) is 27.2 Å². The molecule has 2 aromatic carbocycles. The van der Waals surface area contributed by atoms with Gasteiger partial charge in [-0.2, -0.15) is 13.2 Å². The molecule has 3 N–H and O–H groups in total. The third-order valence-electron chi connectivity index (χ3n) is 4.36. The molecule has 152 valence electrons. The molecule has 0 aliphatic rings. The van der Waals surface area contributed by atoms with Crippen LogP contribution in [0.3, 0.4) is 0 Å². The summed E-state index contributed by atoms with van der Waals surface area (Å²) >= 11 is 0. The first-order valence-electron chi connectivity index (χ1n) is 8.68. The summed E-state index contributed by atoms with van der Waals surface area (Å²) in [5.74, 6) is 5.10. The van der Waals surface area contributed by atoms with Crippen LogP contribution >= 0.6 is 0 Å². The first-order valence-corrected chi connectivity index (χ1v) is 8.68. The zero-order valence-corrected chi connectivity index (χ0v) is 16.1. The zero-order valence-electron chi connectivity index (χ0n) is 16.1. The predicted molar refractivity (Wildman–Crippen MR) is 105 cm³/mol. The highest BCUT2D eigenvalue weighted by molar-refractivity contribution is 6.05. The van der Waals surface area contributed by atoms with Gasteiger partial charge in [0.05, 0.1) is 23.3 Å². The van der Waals surface area contributed by atoms with Gasteiger partial charge in [0.25, 0.3) is 5.91 Å². The molecule has 9 heteroatoms. The molecule has 0 spiro atoms. The number of rotatable bonds is 4. The van der Waals surface area contributed by atoms with Crippen molar-refractivity contribution < 1.29 is 18.0 Å². The van der Waals surface area contributed by atoms with Crippen molar-refractivity contribution in [3.63, 3.8) is 0 Å². The molecule has 0 bridgehead atoms. The molecule has 0 unspecified atom stereocenters. The Morgan fingerprint density at radius 2 is 1.90 bits per heavy atom. The van der Waals surface area contributed by atoms with Crippen molar-refractivity contribution in [2.75, 3.05) is 17.4 Å². The maximum Gasteiger partial charge on any atom is 0.416 e. The molecular formula is C20H20F3N5O. The van der Waals surface area contributed by atoms with E-state index in [0.717, 1.165) is 17.7 Å². The Labute approximate surface area is 165 Å². The van der Waals surface area contributed by atoms with Gasteiger partial charge in [0.1, 0.15) is 0 Å². The number of imidazole rings is 1. The highest BCUT2D eigenvalue weighted by atomic mass is 19.4. The Morgan fingerprint density at radius 3 is 2.48 bits per heavy atom. The number of aromatic nitrogens is 2. The van der Waals surface area contributed by atoms with Gasteiger partial charge in [0.2, 0.25) is 0 Å². The van der Waals surface area contributed by atoms with Crippen LogP contribution in [0.4, 0.5) is 24.5 Å². The van der Waals surface area contributed by atoms with Gasteiger partial charge in [0.15, 0.2) is 0 Å². The second-order valence-corrected chi connectivity index (χ2v) is 6.75. The summed E-state index contributed by atoms with van der Waals surface area (Å²) in [5, 5.41) is 4.03. The molecule has 1 amide bonds. The molecule has 1 heterocycles. The van der Waals surface area contributed by atoms with Crippen molar-refractivity contribution in [1.82, 2.24) is 9.55 Å².